The first kappa shape index (κ1) is 22.5. The fraction of sp³-hybridized carbons (Fsp3) is 0.185. The highest BCUT2D eigenvalue weighted by atomic mass is 79.9. The summed E-state index contributed by atoms with van der Waals surface area (Å²) in [4.78, 5) is 27.2. The number of amides is 1. The zero-order chi connectivity index (χ0) is 23.8. The summed E-state index contributed by atoms with van der Waals surface area (Å²) >= 11 is 3.44. The van der Waals surface area contributed by atoms with Gasteiger partial charge in [-0.3, -0.25) is 14.2 Å². The number of carbonyl (C=O) groups is 1. The van der Waals surface area contributed by atoms with Crippen molar-refractivity contribution >= 4 is 32.6 Å². The van der Waals surface area contributed by atoms with Gasteiger partial charge in [-0.15, -0.1) is 0 Å². The summed E-state index contributed by atoms with van der Waals surface area (Å²) in [5, 5.41) is 3.36. The number of nitrogens with one attached hydrogen (secondary N) is 1. The van der Waals surface area contributed by atoms with E-state index in [1.165, 1.54) is 28.8 Å². The smallest absolute Gasteiger partial charge is 0.266 e. The number of alkyl halides is 1. The number of carbonyl (C=O) groups excluding carboxylic acids is 1. The van der Waals surface area contributed by atoms with Crippen molar-refractivity contribution in [1.29, 1.82) is 0 Å². The summed E-state index contributed by atoms with van der Waals surface area (Å²) in [6.45, 7) is 0. The quantitative estimate of drug-likeness (QED) is 0.313. The first-order chi connectivity index (χ1) is 16.5. The Morgan fingerprint density at radius 2 is 1.76 bits per heavy atom. The third kappa shape index (κ3) is 4.05. The van der Waals surface area contributed by atoms with Crippen LogP contribution in [0.15, 0.2) is 77.6 Å². The van der Waals surface area contributed by atoms with Gasteiger partial charge in [-0.1, -0.05) is 58.4 Å². The number of hydrogen-bond donors (Lipinski definition) is 1. The van der Waals surface area contributed by atoms with Crippen LogP contribution in [0.4, 0.5) is 8.78 Å². The van der Waals surface area contributed by atoms with Gasteiger partial charge in [0, 0.05) is 16.4 Å². The second-order valence-electron chi connectivity index (χ2n) is 8.44. The Labute approximate surface area is 203 Å². The standard InChI is InChI=1S/C27H21BrF2N2O2/c28-15-22-24(26(33)31-25(16-12-13-16)17-6-4-7-18(29)14-17)20-10-5-11-21(30)23(20)27(34)32(22)19-8-2-1-3-9-19/h1-11,14,16,25H,12-13,15H2,(H,31,33)/t25-/m0/s1. The van der Waals surface area contributed by atoms with Crippen LogP contribution in [0.25, 0.3) is 16.5 Å². The van der Waals surface area contributed by atoms with Crippen LogP contribution in [0.1, 0.15) is 40.5 Å². The minimum Gasteiger partial charge on any atom is -0.345 e. The lowest BCUT2D eigenvalue weighted by atomic mass is 9.99. The number of hydrogen-bond acceptors (Lipinski definition) is 2. The monoisotopic (exact) mass is 522 g/mol. The van der Waals surface area contributed by atoms with E-state index in [0.29, 0.717) is 16.9 Å². The van der Waals surface area contributed by atoms with Crippen molar-refractivity contribution in [2.45, 2.75) is 24.2 Å². The molecule has 172 valence electrons. The Morgan fingerprint density at radius 3 is 2.44 bits per heavy atom. The molecule has 0 radical (unpaired) electrons. The molecule has 3 aromatic carbocycles. The topological polar surface area (TPSA) is 51.1 Å². The minimum absolute atomic E-state index is 0.144. The van der Waals surface area contributed by atoms with Gasteiger partial charge in [0.2, 0.25) is 0 Å². The molecular formula is C27H21BrF2N2O2. The van der Waals surface area contributed by atoms with Crippen molar-refractivity contribution < 1.29 is 13.6 Å². The molecular weight excluding hydrogens is 502 g/mol. The molecule has 1 amide bonds. The van der Waals surface area contributed by atoms with Crippen LogP contribution >= 0.6 is 15.9 Å². The van der Waals surface area contributed by atoms with Gasteiger partial charge >= 0.3 is 0 Å². The van der Waals surface area contributed by atoms with Crippen molar-refractivity contribution in [3.8, 4) is 5.69 Å². The number of nitrogens with zero attached hydrogens (tertiary/aromatic N) is 1. The lowest BCUT2D eigenvalue weighted by Crippen LogP contribution is -2.34. The van der Waals surface area contributed by atoms with E-state index in [1.807, 2.05) is 6.07 Å². The van der Waals surface area contributed by atoms with Crippen molar-refractivity contribution in [1.82, 2.24) is 9.88 Å². The Hall–Kier alpha value is -3.32. The highest BCUT2D eigenvalue weighted by Gasteiger charge is 2.35. The molecule has 1 saturated carbocycles. The van der Waals surface area contributed by atoms with E-state index in [2.05, 4.69) is 21.2 Å². The van der Waals surface area contributed by atoms with E-state index in [1.54, 1.807) is 42.5 Å². The van der Waals surface area contributed by atoms with Crippen molar-refractivity contribution in [2.75, 3.05) is 0 Å². The molecule has 0 unspecified atom stereocenters. The fourth-order valence-corrected chi connectivity index (χ4v) is 5.03. The number of aromatic nitrogens is 1. The van der Waals surface area contributed by atoms with Crippen LogP contribution in [-0.4, -0.2) is 10.5 Å². The fourth-order valence-electron chi connectivity index (χ4n) is 4.50. The summed E-state index contributed by atoms with van der Waals surface area (Å²) in [5.41, 5.74) is 1.32. The maximum absolute atomic E-state index is 14.9. The maximum Gasteiger partial charge on any atom is 0.266 e. The lowest BCUT2D eigenvalue weighted by Gasteiger charge is -2.22. The molecule has 34 heavy (non-hydrogen) atoms. The van der Waals surface area contributed by atoms with Crippen LogP contribution in [-0.2, 0) is 5.33 Å². The third-order valence-electron chi connectivity index (χ3n) is 6.21. The second-order valence-corrected chi connectivity index (χ2v) is 9.00. The van der Waals surface area contributed by atoms with E-state index in [4.69, 9.17) is 0 Å². The molecule has 1 heterocycles. The molecule has 1 aromatic heterocycles. The Kier molecular flexibility index (Phi) is 6.04. The molecule has 4 nitrogen and oxygen atoms in total. The second kappa shape index (κ2) is 9.14. The van der Waals surface area contributed by atoms with Gasteiger partial charge < -0.3 is 5.32 Å². The molecule has 1 atom stereocenters. The molecule has 4 aromatic rings. The van der Waals surface area contributed by atoms with Crippen LogP contribution in [0.3, 0.4) is 0 Å². The van der Waals surface area contributed by atoms with Gasteiger partial charge in [0.1, 0.15) is 11.6 Å². The SMILES string of the molecule is O=C(N[C@H](c1cccc(F)c1)C1CC1)c1c(CBr)n(-c2ccccc2)c(=O)c2c(F)cccc12. The molecule has 1 N–H and O–H groups in total. The number of fused-ring (bicyclic) bond motifs is 1. The molecule has 1 aliphatic carbocycles. The van der Waals surface area contributed by atoms with Gasteiger partial charge in [0.05, 0.1) is 22.7 Å². The van der Waals surface area contributed by atoms with E-state index >= 15 is 0 Å². The largest absolute Gasteiger partial charge is 0.345 e. The number of halogens is 3. The first-order valence-electron chi connectivity index (χ1n) is 11.0. The van der Waals surface area contributed by atoms with E-state index in [0.717, 1.165) is 12.8 Å². The van der Waals surface area contributed by atoms with E-state index in [-0.39, 0.29) is 39.4 Å². The van der Waals surface area contributed by atoms with Crippen LogP contribution in [0.5, 0.6) is 0 Å². The molecule has 1 fully saturated rings. The number of para-hydroxylation sites is 1. The average molecular weight is 523 g/mol. The molecule has 0 saturated heterocycles. The predicted molar refractivity (Wildman–Crippen MR) is 131 cm³/mol. The Balaban J connectivity index is 1.71. The summed E-state index contributed by atoms with van der Waals surface area (Å²) in [7, 11) is 0. The average Bonchev–Trinajstić information content (AvgIpc) is 3.68. The normalized spacial score (nSPS) is 14.2. The first-order valence-corrected chi connectivity index (χ1v) is 12.2. The van der Waals surface area contributed by atoms with Gasteiger partial charge in [0.15, 0.2) is 0 Å². The lowest BCUT2D eigenvalue weighted by molar-refractivity contribution is 0.0932. The van der Waals surface area contributed by atoms with Gasteiger partial charge in [0.25, 0.3) is 11.5 Å². The minimum atomic E-state index is -0.689. The molecule has 0 spiro atoms. The highest BCUT2D eigenvalue weighted by Crippen LogP contribution is 2.41. The van der Waals surface area contributed by atoms with Gasteiger partial charge in [-0.2, -0.15) is 0 Å². The Morgan fingerprint density at radius 1 is 1.03 bits per heavy atom. The zero-order valence-corrected chi connectivity index (χ0v) is 19.7. The zero-order valence-electron chi connectivity index (χ0n) is 18.1. The molecule has 0 bridgehead atoms. The predicted octanol–water partition coefficient (Wildman–Crippen LogP) is 6.04. The number of pyridine rings is 1. The van der Waals surface area contributed by atoms with Crippen LogP contribution in [0, 0.1) is 17.6 Å². The third-order valence-corrected chi connectivity index (χ3v) is 6.75. The van der Waals surface area contributed by atoms with Crippen LogP contribution in [0.2, 0.25) is 0 Å². The van der Waals surface area contributed by atoms with Crippen molar-refractivity contribution in [2.24, 2.45) is 5.92 Å². The van der Waals surface area contributed by atoms with Gasteiger partial charge in [-0.05, 0) is 54.7 Å². The summed E-state index contributed by atoms with van der Waals surface area (Å²) in [5.74, 6) is -1.30. The highest BCUT2D eigenvalue weighted by molar-refractivity contribution is 9.08. The summed E-state index contributed by atoms with van der Waals surface area (Å²) in [6.07, 6.45) is 1.84. The molecule has 1 aliphatic rings. The van der Waals surface area contributed by atoms with Gasteiger partial charge in [-0.25, -0.2) is 8.78 Å². The Bertz CT molecular complexity index is 1450. The number of rotatable bonds is 6. The van der Waals surface area contributed by atoms with E-state index < -0.39 is 17.3 Å². The maximum atomic E-state index is 14.9. The summed E-state index contributed by atoms with van der Waals surface area (Å²) < 4.78 is 30.2. The summed E-state index contributed by atoms with van der Waals surface area (Å²) in [6, 6.07) is 19.0. The van der Waals surface area contributed by atoms with E-state index in [9.17, 15) is 18.4 Å². The van der Waals surface area contributed by atoms with Crippen LogP contribution < -0.4 is 10.9 Å². The van der Waals surface area contributed by atoms with Crippen molar-refractivity contribution in [3.63, 3.8) is 0 Å². The van der Waals surface area contributed by atoms with Crippen molar-refractivity contribution in [3.05, 3.63) is 112 Å². The molecule has 7 heteroatoms. The number of benzene rings is 3. The molecule has 0 aliphatic heterocycles. The molecule has 5 rings (SSSR count).